The standard InChI is InChI=1S/C16H19NO2/c1-2-14(15(17)10-16(18)19)13-8-7-11-5-3-4-6-12(11)9-13/h3-9,14-15H,2,10,17H2,1H3,(H,18,19). The minimum absolute atomic E-state index is 0.00529. The summed E-state index contributed by atoms with van der Waals surface area (Å²) >= 11 is 0. The Morgan fingerprint density at radius 1 is 1.21 bits per heavy atom. The van der Waals surface area contributed by atoms with Crippen LogP contribution in [0.25, 0.3) is 10.8 Å². The molecule has 2 aromatic carbocycles. The Labute approximate surface area is 113 Å². The number of nitrogens with two attached hydrogens (primary N) is 1. The van der Waals surface area contributed by atoms with Crippen molar-refractivity contribution in [1.29, 1.82) is 0 Å². The molecule has 0 spiro atoms. The fourth-order valence-electron chi connectivity index (χ4n) is 2.57. The van der Waals surface area contributed by atoms with Crippen LogP contribution in [0.2, 0.25) is 0 Å². The molecule has 0 radical (unpaired) electrons. The van der Waals surface area contributed by atoms with Gasteiger partial charge < -0.3 is 10.8 Å². The summed E-state index contributed by atoms with van der Waals surface area (Å²) < 4.78 is 0. The number of rotatable bonds is 5. The zero-order chi connectivity index (χ0) is 13.8. The second kappa shape index (κ2) is 5.85. The van der Waals surface area contributed by atoms with Gasteiger partial charge in [-0.15, -0.1) is 0 Å². The van der Waals surface area contributed by atoms with Crippen LogP contribution < -0.4 is 5.73 Å². The molecule has 0 saturated heterocycles. The van der Waals surface area contributed by atoms with E-state index in [0.29, 0.717) is 0 Å². The van der Waals surface area contributed by atoms with Crippen LogP contribution in [-0.2, 0) is 4.79 Å². The summed E-state index contributed by atoms with van der Waals surface area (Å²) in [5, 5.41) is 11.2. The van der Waals surface area contributed by atoms with E-state index in [1.165, 1.54) is 10.8 Å². The number of hydrogen-bond donors (Lipinski definition) is 2. The van der Waals surface area contributed by atoms with Gasteiger partial charge >= 0.3 is 5.97 Å². The van der Waals surface area contributed by atoms with Crippen LogP contribution in [0, 0.1) is 0 Å². The van der Waals surface area contributed by atoms with E-state index in [9.17, 15) is 4.79 Å². The first-order valence-electron chi connectivity index (χ1n) is 6.58. The number of fused-ring (bicyclic) bond motifs is 1. The lowest BCUT2D eigenvalue weighted by Gasteiger charge is -2.22. The molecule has 0 aliphatic carbocycles. The van der Waals surface area contributed by atoms with Crippen molar-refractivity contribution in [3.63, 3.8) is 0 Å². The Morgan fingerprint density at radius 2 is 1.89 bits per heavy atom. The van der Waals surface area contributed by atoms with Crippen molar-refractivity contribution in [2.75, 3.05) is 0 Å². The Hall–Kier alpha value is -1.87. The fraction of sp³-hybridized carbons (Fsp3) is 0.312. The molecular formula is C16H19NO2. The fourth-order valence-corrected chi connectivity index (χ4v) is 2.57. The van der Waals surface area contributed by atoms with Crippen molar-refractivity contribution in [2.24, 2.45) is 5.73 Å². The summed E-state index contributed by atoms with van der Waals surface area (Å²) in [6.07, 6.45) is 0.845. The van der Waals surface area contributed by atoms with Crippen LogP contribution in [-0.4, -0.2) is 17.1 Å². The second-order valence-electron chi connectivity index (χ2n) is 4.88. The maximum atomic E-state index is 10.8. The molecule has 0 amide bonds. The highest BCUT2D eigenvalue weighted by atomic mass is 16.4. The third kappa shape index (κ3) is 3.12. The molecule has 0 bridgehead atoms. The van der Waals surface area contributed by atoms with Gasteiger partial charge in [-0.2, -0.15) is 0 Å². The molecule has 2 rings (SSSR count). The van der Waals surface area contributed by atoms with Gasteiger partial charge in [-0.25, -0.2) is 0 Å². The van der Waals surface area contributed by atoms with E-state index in [1.807, 2.05) is 19.1 Å². The zero-order valence-corrected chi connectivity index (χ0v) is 11.0. The van der Waals surface area contributed by atoms with Gasteiger partial charge in [0.05, 0.1) is 6.42 Å². The van der Waals surface area contributed by atoms with Crippen molar-refractivity contribution in [3.8, 4) is 0 Å². The number of benzene rings is 2. The normalized spacial score (nSPS) is 14.2. The Morgan fingerprint density at radius 3 is 2.53 bits per heavy atom. The van der Waals surface area contributed by atoms with Crippen LogP contribution >= 0.6 is 0 Å². The number of carboxylic acid groups (broad SMARTS) is 1. The monoisotopic (exact) mass is 257 g/mol. The minimum Gasteiger partial charge on any atom is -0.481 e. The van der Waals surface area contributed by atoms with E-state index >= 15 is 0 Å². The molecule has 2 atom stereocenters. The lowest BCUT2D eigenvalue weighted by Crippen LogP contribution is -2.30. The first kappa shape index (κ1) is 13.6. The summed E-state index contributed by atoms with van der Waals surface area (Å²) in [6, 6.07) is 14.0. The molecule has 3 nitrogen and oxygen atoms in total. The van der Waals surface area contributed by atoms with Crippen molar-refractivity contribution < 1.29 is 9.90 Å². The van der Waals surface area contributed by atoms with E-state index in [1.54, 1.807) is 0 Å². The highest BCUT2D eigenvalue weighted by Gasteiger charge is 2.20. The Kier molecular flexibility index (Phi) is 4.17. The summed E-state index contributed by atoms with van der Waals surface area (Å²) in [6.45, 7) is 2.04. The van der Waals surface area contributed by atoms with Gasteiger partial charge in [0.15, 0.2) is 0 Å². The molecular weight excluding hydrogens is 238 g/mol. The molecule has 3 N–H and O–H groups in total. The predicted octanol–water partition coefficient (Wildman–Crippen LogP) is 3.14. The van der Waals surface area contributed by atoms with Crippen LogP contribution in [0.4, 0.5) is 0 Å². The van der Waals surface area contributed by atoms with Gasteiger partial charge in [0.25, 0.3) is 0 Å². The molecule has 0 heterocycles. The minimum atomic E-state index is -0.841. The number of carboxylic acids is 1. The molecule has 19 heavy (non-hydrogen) atoms. The predicted molar refractivity (Wildman–Crippen MR) is 77.2 cm³/mol. The summed E-state index contributed by atoms with van der Waals surface area (Å²) in [5.74, 6) is -0.757. The van der Waals surface area contributed by atoms with Crippen LogP contribution in [0.3, 0.4) is 0 Å². The third-order valence-electron chi connectivity index (χ3n) is 3.57. The van der Waals surface area contributed by atoms with E-state index < -0.39 is 5.97 Å². The maximum absolute atomic E-state index is 10.8. The van der Waals surface area contributed by atoms with Gasteiger partial charge in [-0.1, -0.05) is 49.4 Å². The van der Waals surface area contributed by atoms with Gasteiger partial charge in [-0.3, -0.25) is 4.79 Å². The molecule has 100 valence electrons. The topological polar surface area (TPSA) is 63.3 Å². The molecule has 0 fully saturated rings. The highest BCUT2D eigenvalue weighted by Crippen LogP contribution is 2.27. The summed E-state index contributed by atoms with van der Waals surface area (Å²) in [5.41, 5.74) is 7.14. The lowest BCUT2D eigenvalue weighted by atomic mass is 9.87. The van der Waals surface area contributed by atoms with Crippen molar-refractivity contribution in [2.45, 2.75) is 31.7 Å². The Bertz CT molecular complexity index is 580. The van der Waals surface area contributed by atoms with Gasteiger partial charge in [0.1, 0.15) is 0 Å². The molecule has 0 aliphatic rings. The molecule has 2 unspecified atom stereocenters. The van der Waals surface area contributed by atoms with E-state index in [-0.39, 0.29) is 18.4 Å². The van der Waals surface area contributed by atoms with E-state index in [2.05, 4.69) is 30.3 Å². The molecule has 2 aromatic rings. The summed E-state index contributed by atoms with van der Waals surface area (Å²) in [7, 11) is 0. The SMILES string of the molecule is CCC(c1ccc2ccccc2c1)C(N)CC(=O)O. The van der Waals surface area contributed by atoms with Crippen molar-refractivity contribution >= 4 is 16.7 Å². The largest absolute Gasteiger partial charge is 0.481 e. The third-order valence-corrected chi connectivity index (χ3v) is 3.57. The van der Waals surface area contributed by atoms with Gasteiger partial charge in [-0.05, 0) is 28.7 Å². The highest BCUT2D eigenvalue weighted by molar-refractivity contribution is 5.83. The first-order chi connectivity index (χ1) is 9.11. The van der Waals surface area contributed by atoms with E-state index in [4.69, 9.17) is 10.8 Å². The smallest absolute Gasteiger partial charge is 0.304 e. The number of aliphatic carboxylic acids is 1. The maximum Gasteiger partial charge on any atom is 0.304 e. The van der Waals surface area contributed by atoms with Crippen LogP contribution in [0.1, 0.15) is 31.2 Å². The Balaban J connectivity index is 2.32. The molecule has 0 aliphatic heterocycles. The van der Waals surface area contributed by atoms with Crippen molar-refractivity contribution in [3.05, 3.63) is 48.0 Å². The average Bonchev–Trinajstić information content (AvgIpc) is 2.38. The quantitative estimate of drug-likeness (QED) is 0.865. The number of hydrogen-bond acceptors (Lipinski definition) is 2. The number of carbonyl (C=O) groups is 1. The van der Waals surface area contributed by atoms with Gasteiger partial charge in [0.2, 0.25) is 0 Å². The summed E-state index contributed by atoms with van der Waals surface area (Å²) in [4.78, 5) is 10.8. The van der Waals surface area contributed by atoms with Crippen LogP contribution in [0.15, 0.2) is 42.5 Å². The first-order valence-corrected chi connectivity index (χ1v) is 6.58. The van der Waals surface area contributed by atoms with E-state index in [0.717, 1.165) is 12.0 Å². The van der Waals surface area contributed by atoms with Crippen molar-refractivity contribution in [1.82, 2.24) is 0 Å². The van der Waals surface area contributed by atoms with Gasteiger partial charge in [0, 0.05) is 6.04 Å². The average molecular weight is 257 g/mol. The second-order valence-corrected chi connectivity index (χ2v) is 4.88. The molecule has 0 saturated carbocycles. The van der Waals surface area contributed by atoms with Crippen LogP contribution in [0.5, 0.6) is 0 Å². The molecule has 3 heteroatoms. The zero-order valence-electron chi connectivity index (χ0n) is 11.0. The molecule has 0 aromatic heterocycles. The lowest BCUT2D eigenvalue weighted by molar-refractivity contribution is -0.137.